The molecule has 1 amide bonds. The van der Waals surface area contributed by atoms with Crippen LogP contribution in [0.15, 0.2) is 66.9 Å². The maximum absolute atomic E-state index is 12.4. The lowest BCUT2D eigenvalue weighted by molar-refractivity contribution is -0.131. The van der Waals surface area contributed by atoms with E-state index in [4.69, 9.17) is 4.74 Å². The lowest BCUT2D eigenvalue weighted by Gasteiger charge is -2.16. The zero-order valence-electron chi connectivity index (χ0n) is 12.9. The van der Waals surface area contributed by atoms with Gasteiger partial charge in [-0.15, -0.1) is 0 Å². The summed E-state index contributed by atoms with van der Waals surface area (Å²) in [7, 11) is 1.54. The van der Waals surface area contributed by atoms with Gasteiger partial charge < -0.3 is 10.1 Å². The largest absolute Gasteiger partial charge is 0.367 e. The van der Waals surface area contributed by atoms with Crippen LogP contribution in [0.2, 0.25) is 0 Å². The Morgan fingerprint density at radius 2 is 1.83 bits per heavy atom. The zero-order chi connectivity index (χ0) is 16.1. The number of rotatable bonds is 5. The molecule has 4 nitrogen and oxygen atoms in total. The van der Waals surface area contributed by atoms with Gasteiger partial charge >= 0.3 is 0 Å². The van der Waals surface area contributed by atoms with Crippen LogP contribution in [-0.2, 0) is 16.1 Å². The van der Waals surface area contributed by atoms with E-state index in [-0.39, 0.29) is 5.91 Å². The van der Waals surface area contributed by atoms with E-state index < -0.39 is 6.10 Å². The van der Waals surface area contributed by atoms with Crippen molar-refractivity contribution in [2.75, 3.05) is 7.11 Å². The van der Waals surface area contributed by atoms with Crippen molar-refractivity contribution in [1.29, 1.82) is 0 Å². The molecule has 116 valence electrons. The van der Waals surface area contributed by atoms with E-state index in [0.717, 1.165) is 22.0 Å². The second kappa shape index (κ2) is 7.03. The van der Waals surface area contributed by atoms with Crippen molar-refractivity contribution in [1.82, 2.24) is 10.3 Å². The van der Waals surface area contributed by atoms with Crippen molar-refractivity contribution < 1.29 is 9.53 Å². The quantitative estimate of drug-likeness (QED) is 0.787. The van der Waals surface area contributed by atoms with Gasteiger partial charge in [-0.05, 0) is 23.3 Å². The lowest BCUT2D eigenvalue weighted by atomic mass is 10.1. The molecule has 0 unspecified atom stereocenters. The van der Waals surface area contributed by atoms with Gasteiger partial charge in [0.1, 0.15) is 0 Å². The molecule has 0 spiro atoms. The van der Waals surface area contributed by atoms with Crippen LogP contribution in [0, 0.1) is 0 Å². The molecule has 4 heteroatoms. The van der Waals surface area contributed by atoms with Gasteiger partial charge in [-0.1, -0.05) is 48.5 Å². The summed E-state index contributed by atoms with van der Waals surface area (Å²) in [5.74, 6) is -0.153. The Kier molecular flexibility index (Phi) is 4.64. The molecule has 1 heterocycles. The molecule has 1 N–H and O–H groups in total. The van der Waals surface area contributed by atoms with E-state index in [1.807, 2.05) is 60.7 Å². The standard InChI is InChI=1S/C19H18N2O2/c1-23-18(14-7-3-2-4-8-14)19(22)21-13-15-11-12-20-17-10-6-5-9-16(15)17/h2-12,18H,13H2,1H3,(H,21,22)/t18-/m1/s1. The normalized spacial score (nSPS) is 12.0. The molecule has 0 aliphatic heterocycles. The van der Waals surface area contributed by atoms with E-state index in [9.17, 15) is 4.79 Å². The van der Waals surface area contributed by atoms with Crippen molar-refractivity contribution in [3.05, 3.63) is 78.0 Å². The summed E-state index contributed by atoms with van der Waals surface area (Å²) in [5.41, 5.74) is 2.80. The molecule has 1 atom stereocenters. The number of benzene rings is 2. The summed E-state index contributed by atoms with van der Waals surface area (Å²) in [4.78, 5) is 16.8. The highest BCUT2D eigenvalue weighted by Crippen LogP contribution is 2.18. The number of hydrogen-bond donors (Lipinski definition) is 1. The Hall–Kier alpha value is -2.72. The molecular formula is C19H18N2O2. The molecule has 3 aromatic rings. The first-order valence-electron chi connectivity index (χ1n) is 7.47. The molecule has 2 aromatic carbocycles. The number of pyridine rings is 1. The van der Waals surface area contributed by atoms with E-state index in [0.29, 0.717) is 6.54 Å². The van der Waals surface area contributed by atoms with Crippen LogP contribution in [0.25, 0.3) is 10.9 Å². The average Bonchev–Trinajstić information content (AvgIpc) is 2.61. The van der Waals surface area contributed by atoms with Crippen molar-refractivity contribution in [2.24, 2.45) is 0 Å². The van der Waals surface area contributed by atoms with Crippen molar-refractivity contribution in [3.63, 3.8) is 0 Å². The van der Waals surface area contributed by atoms with E-state index in [1.54, 1.807) is 13.3 Å². The fourth-order valence-corrected chi connectivity index (χ4v) is 2.61. The third kappa shape index (κ3) is 3.38. The summed E-state index contributed by atoms with van der Waals surface area (Å²) in [6.45, 7) is 0.439. The molecule has 3 rings (SSSR count). The Labute approximate surface area is 135 Å². The Bertz CT molecular complexity index is 797. The number of fused-ring (bicyclic) bond motifs is 1. The number of amides is 1. The summed E-state index contributed by atoms with van der Waals surface area (Å²) >= 11 is 0. The van der Waals surface area contributed by atoms with Crippen molar-refractivity contribution in [2.45, 2.75) is 12.6 Å². The van der Waals surface area contributed by atoms with Crippen molar-refractivity contribution >= 4 is 16.8 Å². The smallest absolute Gasteiger partial charge is 0.254 e. The first-order valence-corrected chi connectivity index (χ1v) is 7.47. The monoisotopic (exact) mass is 306 g/mol. The number of methoxy groups -OCH3 is 1. The molecule has 0 saturated heterocycles. The Balaban J connectivity index is 1.75. The second-order valence-corrected chi connectivity index (χ2v) is 5.23. The van der Waals surface area contributed by atoms with Gasteiger partial charge in [0.2, 0.25) is 0 Å². The maximum atomic E-state index is 12.4. The van der Waals surface area contributed by atoms with Crippen LogP contribution in [0.3, 0.4) is 0 Å². The zero-order valence-corrected chi connectivity index (χ0v) is 12.9. The topological polar surface area (TPSA) is 51.2 Å². The number of carbonyl (C=O) groups is 1. The van der Waals surface area contributed by atoms with Crippen LogP contribution < -0.4 is 5.32 Å². The highest BCUT2D eigenvalue weighted by atomic mass is 16.5. The number of nitrogens with one attached hydrogen (secondary N) is 1. The van der Waals surface area contributed by atoms with Crippen molar-refractivity contribution in [3.8, 4) is 0 Å². The summed E-state index contributed by atoms with van der Waals surface area (Å²) in [6, 6.07) is 19.3. The summed E-state index contributed by atoms with van der Waals surface area (Å²) in [5, 5.41) is 3.99. The lowest BCUT2D eigenvalue weighted by Crippen LogP contribution is -2.30. The fraction of sp³-hybridized carbons (Fsp3) is 0.158. The Morgan fingerprint density at radius 1 is 1.09 bits per heavy atom. The van der Waals surface area contributed by atoms with Gasteiger partial charge in [0.25, 0.3) is 5.91 Å². The van der Waals surface area contributed by atoms with Gasteiger partial charge in [0.15, 0.2) is 6.10 Å². The third-order valence-corrected chi connectivity index (χ3v) is 3.77. The minimum atomic E-state index is -0.607. The molecule has 0 aliphatic rings. The number of ether oxygens (including phenoxy) is 1. The van der Waals surface area contributed by atoms with Gasteiger partial charge in [-0.2, -0.15) is 0 Å². The van der Waals surface area contributed by atoms with Crippen LogP contribution >= 0.6 is 0 Å². The average molecular weight is 306 g/mol. The van der Waals surface area contributed by atoms with Gasteiger partial charge in [0, 0.05) is 25.2 Å². The predicted molar refractivity (Wildman–Crippen MR) is 89.8 cm³/mol. The molecule has 0 saturated carbocycles. The first-order chi connectivity index (χ1) is 11.3. The minimum Gasteiger partial charge on any atom is -0.367 e. The molecular weight excluding hydrogens is 288 g/mol. The Morgan fingerprint density at radius 3 is 2.61 bits per heavy atom. The first kappa shape index (κ1) is 15.2. The number of para-hydroxylation sites is 1. The predicted octanol–water partition coefficient (Wildman–Crippen LogP) is 3.24. The summed E-state index contributed by atoms with van der Waals surface area (Å²) < 4.78 is 5.35. The number of hydrogen-bond acceptors (Lipinski definition) is 3. The summed E-state index contributed by atoms with van der Waals surface area (Å²) in [6.07, 6.45) is 1.15. The molecule has 0 radical (unpaired) electrons. The van der Waals surface area contributed by atoms with Gasteiger partial charge in [-0.3, -0.25) is 9.78 Å². The van der Waals surface area contributed by atoms with Crippen LogP contribution in [0.4, 0.5) is 0 Å². The molecule has 0 fully saturated rings. The van der Waals surface area contributed by atoms with Crippen LogP contribution in [0.5, 0.6) is 0 Å². The molecule has 23 heavy (non-hydrogen) atoms. The van der Waals surface area contributed by atoms with E-state index in [2.05, 4.69) is 10.3 Å². The maximum Gasteiger partial charge on any atom is 0.254 e. The highest BCUT2D eigenvalue weighted by molar-refractivity contribution is 5.84. The SMILES string of the molecule is CO[C@@H](C(=O)NCc1ccnc2ccccc12)c1ccccc1. The van der Waals surface area contributed by atoms with Crippen LogP contribution in [-0.4, -0.2) is 18.0 Å². The third-order valence-electron chi connectivity index (χ3n) is 3.77. The van der Waals surface area contributed by atoms with Gasteiger partial charge in [0.05, 0.1) is 5.52 Å². The van der Waals surface area contributed by atoms with E-state index >= 15 is 0 Å². The molecule has 0 aliphatic carbocycles. The second-order valence-electron chi connectivity index (χ2n) is 5.23. The minimum absolute atomic E-state index is 0.153. The number of aromatic nitrogens is 1. The molecule has 1 aromatic heterocycles. The number of carbonyl (C=O) groups excluding carboxylic acids is 1. The fourth-order valence-electron chi connectivity index (χ4n) is 2.61. The molecule has 0 bridgehead atoms. The van der Waals surface area contributed by atoms with E-state index in [1.165, 1.54) is 0 Å². The number of nitrogens with zero attached hydrogens (tertiary/aromatic N) is 1. The van der Waals surface area contributed by atoms with Crippen LogP contribution in [0.1, 0.15) is 17.2 Å². The highest BCUT2D eigenvalue weighted by Gasteiger charge is 2.19. The van der Waals surface area contributed by atoms with Gasteiger partial charge in [-0.25, -0.2) is 0 Å².